The summed E-state index contributed by atoms with van der Waals surface area (Å²) >= 11 is 0. The molecule has 3 rings (SSSR count). The van der Waals surface area contributed by atoms with E-state index in [1.54, 1.807) is 18.3 Å². The third-order valence-corrected chi connectivity index (χ3v) is 3.19. The highest BCUT2D eigenvalue weighted by molar-refractivity contribution is 5.93. The van der Waals surface area contributed by atoms with Crippen LogP contribution < -0.4 is 11.1 Å². The second-order valence-corrected chi connectivity index (χ2v) is 4.59. The molecule has 0 fully saturated rings. The molecule has 0 aliphatic carbocycles. The molecule has 0 amide bonds. The van der Waals surface area contributed by atoms with Crippen molar-refractivity contribution in [3.63, 3.8) is 0 Å². The summed E-state index contributed by atoms with van der Waals surface area (Å²) < 4.78 is 13.6. The van der Waals surface area contributed by atoms with Gasteiger partial charge in [-0.3, -0.25) is 0 Å². The zero-order valence-corrected chi connectivity index (χ0v) is 10.8. The lowest BCUT2D eigenvalue weighted by Gasteiger charge is -2.09. The molecule has 3 aromatic rings. The summed E-state index contributed by atoms with van der Waals surface area (Å²) in [5.74, 6) is 0.509. The Kier molecular flexibility index (Phi) is 3.21. The van der Waals surface area contributed by atoms with Gasteiger partial charge in [0, 0.05) is 29.4 Å². The molecule has 0 saturated heterocycles. The first-order valence-electron chi connectivity index (χ1n) is 6.35. The second kappa shape index (κ2) is 5.17. The molecular weight excluding hydrogens is 253 g/mol. The molecule has 1 heterocycles. The van der Waals surface area contributed by atoms with Gasteiger partial charge in [0.1, 0.15) is 11.6 Å². The third kappa shape index (κ3) is 2.40. The summed E-state index contributed by atoms with van der Waals surface area (Å²) in [4.78, 5) is 4.31. The maximum Gasteiger partial charge on any atom is 0.134 e. The van der Waals surface area contributed by atoms with Crippen molar-refractivity contribution in [2.75, 3.05) is 11.1 Å². The van der Waals surface area contributed by atoms with Crippen molar-refractivity contribution in [1.82, 2.24) is 4.98 Å². The Morgan fingerprint density at radius 2 is 1.95 bits per heavy atom. The number of hydrogen-bond donors (Lipinski definition) is 2. The van der Waals surface area contributed by atoms with Crippen molar-refractivity contribution in [1.29, 1.82) is 0 Å². The summed E-state index contributed by atoms with van der Waals surface area (Å²) in [6.45, 7) is 0.392. The molecule has 0 spiro atoms. The monoisotopic (exact) mass is 267 g/mol. The molecule has 0 aliphatic rings. The molecule has 0 bridgehead atoms. The van der Waals surface area contributed by atoms with Crippen LogP contribution in [0.15, 0.2) is 54.7 Å². The molecular formula is C16H14FN3. The van der Waals surface area contributed by atoms with Crippen molar-refractivity contribution in [2.24, 2.45) is 0 Å². The molecule has 100 valence electrons. The number of nitrogens with zero attached hydrogens (tertiary/aromatic N) is 1. The van der Waals surface area contributed by atoms with Crippen LogP contribution in [-0.4, -0.2) is 4.98 Å². The van der Waals surface area contributed by atoms with Gasteiger partial charge in [-0.1, -0.05) is 18.2 Å². The van der Waals surface area contributed by atoms with Crippen molar-refractivity contribution in [3.8, 4) is 0 Å². The number of pyridine rings is 1. The van der Waals surface area contributed by atoms with E-state index in [1.807, 2.05) is 30.3 Å². The molecule has 4 heteroatoms. The molecule has 0 unspecified atom stereocenters. The number of rotatable bonds is 3. The number of hydrogen-bond acceptors (Lipinski definition) is 3. The van der Waals surface area contributed by atoms with Crippen LogP contribution in [0.3, 0.4) is 0 Å². The fraction of sp³-hybridized carbons (Fsp3) is 0.0625. The van der Waals surface area contributed by atoms with Crippen molar-refractivity contribution < 1.29 is 4.39 Å². The standard InChI is InChI=1S/C16H14FN3/c17-15-4-2-1-3-12(15)10-20-16-14-6-5-13(18)9-11(14)7-8-19-16/h1-9H,10,18H2,(H,19,20). The van der Waals surface area contributed by atoms with E-state index in [4.69, 9.17) is 5.73 Å². The quantitative estimate of drug-likeness (QED) is 0.713. The van der Waals surface area contributed by atoms with Crippen LogP contribution in [0.5, 0.6) is 0 Å². The van der Waals surface area contributed by atoms with Gasteiger partial charge in [-0.05, 0) is 35.7 Å². The van der Waals surface area contributed by atoms with Gasteiger partial charge in [-0.2, -0.15) is 0 Å². The lowest BCUT2D eigenvalue weighted by molar-refractivity contribution is 0.613. The predicted octanol–water partition coefficient (Wildman–Crippen LogP) is 3.57. The highest BCUT2D eigenvalue weighted by atomic mass is 19.1. The third-order valence-electron chi connectivity index (χ3n) is 3.19. The molecule has 2 aromatic carbocycles. The van der Waals surface area contributed by atoms with Crippen molar-refractivity contribution in [3.05, 3.63) is 66.1 Å². The van der Waals surface area contributed by atoms with E-state index in [0.29, 0.717) is 17.8 Å². The Morgan fingerprint density at radius 1 is 1.10 bits per heavy atom. The first-order valence-corrected chi connectivity index (χ1v) is 6.35. The molecule has 0 aliphatic heterocycles. The van der Waals surface area contributed by atoms with Gasteiger partial charge in [0.05, 0.1) is 0 Å². The van der Waals surface area contributed by atoms with Crippen LogP contribution >= 0.6 is 0 Å². The summed E-state index contributed by atoms with van der Waals surface area (Å²) in [6, 6.07) is 14.2. The van der Waals surface area contributed by atoms with Crippen LogP contribution in [0.1, 0.15) is 5.56 Å². The number of anilines is 2. The second-order valence-electron chi connectivity index (χ2n) is 4.59. The SMILES string of the molecule is Nc1ccc2c(NCc3ccccc3F)nccc2c1. The number of nitrogens with one attached hydrogen (secondary N) is 1. The maximum absolute atomic E-state index is 13.6. The van der Waals surface area contributed by atoms with Gasteiger partial charge in [0.25, 0.3) is 0 Å². The molecule has 20 heavy (non-hydrogen) atoms. The number of benzene rings is 2. The predicted molar refractivity (Wildman–Crippen MR) is 79.9 cm³/mol. The molecule has 0 saturated carbocycles. The summed E-state index contributed by atoms with van der Waals surface area (Å²) in [7, 11) is 0. The maximum atomic E-state index is 13.6. The molecule has 0 radical (unpaired) electrons. The van der Waals surface area contributed by atoms with E-state index in [-0.39, 0.29) is 5.82 Å². The fourth-order valence-electron chi connectivity index (χ4n) is 2.16. The number of halogens is 1. The van der Waals surface area contributed by atoms with Crippen LogP contribution in [0.2, 0.25) is 0 Å². The normalized spacial score (nSPS) is 10.7. The minimum Gasteiger partial charge on any atom is -0.399 e. The van der Waals surface area contributed by atoms with Gasteiger partial charge in [0.15, 0.2) is 0 Å². The van der Waals surface area contributed by atoms with E-state index < -0.39 is 0 Å². The van der Waals surface area contributed by atoms with Gasteiger partial charge >= 0.3 is 0 Å². The van der Waals surface area contributed by atoms with Gasteiger partial charge in [0.2, 0.25) is 0 Å². The minimum atomic E-state index is -0.218. The molecule has 3 N–H and O–H groups in total. The van der Waals surface area contributed by atoms with Crippen LogP contribution in [0.25, 0.3) is 10.8 Å². The Morgan fingerprint density at radius 3 is 2.80 bits per heavy atom. The summed E-state index contributed by atoms with van der Waals surface area (Å²) in [5.41, 5.74) is 7.09. The van der Waals surface area contributed by atoms with E-state index >= 15 is 0 Å². The van der Waals surface area contributed by atoms with E-state index in [0.717, 1.165) is 16.6 Å². The van der Waals surface area contributed by atoms with Gasteiger partial charge in [-0.15, -0.1) is 0 Å². The number of fused-ring (bicyclic) bond motifs is 1. The van der Waals surface area contributed by atoms with E-state index in [9.17, 15) is 4.39 Å². The smallest absolute Gasteiger partial charge is 0.134 e. The van der Waals surface area contributed by atoms with Crippen LogP contribution in [-0.2, 0) is 6.54 Å². The average molecular weight is 267 g/mol. The Hall–Kier alpha value is -2.62. The van der Waals surface area contributed by atoms with Crippen LogP contribution in [0.4, 0.5) is 15.9 Å². The zero-order valence-electron chi connectivity index (χ0n) is 10.8. The number of nitrogen functional groups attached to an aromatic ring is 1. The Bertz CT molecular complexity index is 756. The average Bonchev–Trinajstić information content (AvgIpc) is 2.46. The highest BCUT2D eigenvalue weighted by Crippen LogP contribution is 2.23. The minimum absolute atomic E-state index is 0.218. The highest BCUT2D eigenvalue weighted by Gasteiger charge is 2.04. The van der Waals surface area contributed by atoms with Gasteiger partial charge in [-0.25, -0.2) is 9.37 Å². The van der Waals surface area contributed by atoms with E-state index in [2.05, 4.69) is 10.3 Å². The fourth-order valence-corrected chi connectivity index (χ4v) is 2.16. The largest absolute Gasteiger partial charge is 0.399 e. The Balaban J connectivity index is 1.90. The summed E-state index contributed by atoms with van der Waals surface area (Å²) in [6.07, 6.45) is 1.71. The molecule has 3 nitrogen and oxygen atoms in total. The lowest BCUT2D eigenvalue weighted by atomic mass is 10.1. The molecule has 0 atom stereocenters. The zero-order chi connectivity index (χ0) is 13.9. The Labute approximate surface area is 116 Å². The first-order chi connectivity index (χ1) is 9.74. The number of aromatic nitrogens is 1. The van der Waals surface area contributed by atoms with Crippen molar-refractivity contribution >= 4 is 22.3 Å². The van der Waals surface area contributed by atoms with Gasteiger partial charge < -0.3 is 11.1 Å². The number of nitrogens with two attached hydrogens (primary N) is 1. The van der Waals surface area contributed by atoms with Crippen LogP contribution in [0, 0.1) is 5.82 Å². The van der Waals surface area contributed by atoms with E-state index in [1.165, 1.54) is 6.07 Å². The molecule has 1 aromatic heterocycles. The first kappa shape index (κ1) is 12.4. The summed E-state index contributed by atoms with van der Waals surface area (Å²) in [5, 5.41) is 5.15. The lowest BCUT2D eigenvalue weighted by Crippen LogP contribution is -2.03. The van der Waals surface area contributed by atoms with Crippen molar-refractivity contribution in [2.45, 2.75) is 6.54 Å². The topological polar surface area (TPSA) is 50.9 Å².